The number of nitrogens with one attached hydrogen (secondary N) is 1. The Labute approximate surface area is 123 Å². The Bertz CT molecular complexity index is 316. The van der Waals surface area contributed by atoms with Gasteiger partial charge in [-0.25, -0.2) is 0 Å². The van der Waals surface area contributed by atoms with E-state index in [2.05, 4.69) is 42.6 Å². The zero-order valence-electron chi connectivity index (χ0n) is 12.9. The molecule has 20 heavy (non-hydrogen) atoms. The molecule has 1 N–H and O–H groups in total. The van der Waals surface area contributed by atoms with E-state index in [0.717, 1.165) is 13.2 Å². The summed E-state index contributed by atoms with van der Waals surface area (Å²) in [7, 11) is 1.70. The zero-order chi connectivity index (χ0) is 14.5. The topological polar surface area (TPSA) is 30.5 Å². The van der Waals surface area contributed by atoms with Crippen LogP contribution in [0.25, 0.3) is 0 Å². The molecular weight excluding hydrogens is 250 g/mol. The summed E-state index contributed by atoms with van der Waals surface area (Å²) in [5.74, 6) is 0. The van der Waals surface area contributed by atoms with Crippen LogP contribution < -0.4 is 5.32 Å². The molecule has 0 aliphatic rings. The van der Waals surface area contributed by atoms with E-state index < -0.39 is 0 Å². The Morgan fingerprint density at radius 3 is 2.55 bits per heavy atom. The van der Waals surface area contributed by atoms with Crippen LogP contribution in [0.2, 0.25) is 0 Å². The molecule has 0 heterocycles. The highest BCUT2D eigenvalue weighted by Crippen LogP contribution is 2.19. The molecule has 0 saturated heterocycles. The lowest BCUT2D eigenvalue weighted by atomic mass is 10.0. The predicted octanol–water partition coefficient (Wildman–Crippen LogP) is 3.56. The van der Waals surface area contributed by atoms with Gasteiger partial charge in [0.15, 0.2) is 0 Å². The van der Waals surface area contributed by atoms with Crippen LogP contribution >= 0.6 is 0 Å². The first kappa shape index (κ1) is 17.2. The van der Waals surface area contributed by atoms with Crippen LogP contribution in [-0.4, -0.2) is 33.5 Å². The molecule has 1 unspecified atom stereocenters. The second-order valence-corrected chi connectivity index (χ2v) is 5.02. The van der Waals surface area contributed by atoms with Gasteiger partial charge < -0.3 is 14.8 Å². The number of hydrogen-bond acceptors (Lipinski definition) is 3. The molecule has 0 saturated carbocycles. The van der Waals surface area contributed by atoms with Gasteiger partial charge in [-0.3, -0.25) is 0 Å². The van der Waals surface area contributed by atoms with Crippen molar-refractivity contribution in [1.82, 2.24) is 5.32 Å². The van der Waals surface area contributed by atoms with Gasteiger partial charge in [-0.05, 0) is 12.0 Å². The molecule has 0 amide bonds. The molecule has 1 rings (SSSR count). The quantitative estimate of drug-likeness (QED) is 0.593. The maximum absolute atomic E-state index is 5.50. The molecule has 0 spiro atoms. The molecule has 0 aromatic heterocycles. The predicted molar refractivity (Wildman–Crippen MR) is 84.0 cm³/mol. The van der Waals surface area contributed by atoms with Crippen molar-refractivity contribution in [2.75, 3.05) is 33.5 Å². The molecule has 1 atom stereocenters. The summed E-state index contributed by atoms with van der Waals surface area (Å²) in [6.45, 7) is 5.20. The second kappa shape index (κ2) is 11.9. The van der Waals surface area contributed by atoms with Gasteiger partial charge in [0.1, 0.15) is 0 Å². The normalized spacial score (nSPS) is 12.5. The summed E-state index contributed by atoms with van der Waals surface area (Å²) in [5.41, 5.74) is 1.38. The van der Waals surface area contributed by atoms with E-state index in [0.29, 0.717) is 19.3 Å². The third-order valence-corrected chi connectivity index (χ3v) is 3.37. The van der Waals surface area contributed by atoms with Gasteiger partial charge in [0, 0.05) is 19.7 Å². The molecule has 0 radical (unpaired) electrons. The highest BCUT2D eigenvalue weighted by Gasteiger charge is 2.09. The summed E-state index contributed by atoms with van der Waals surface area (Å²) < 4.78 is 10.5. The first-order valence-corrected chi connectivity index (χ1v) is 7.73. The lowest BCUT2D eigenvalue weighted by Gasteiger charge is -2.19. The first-order valence-electron chi connectivity index (χ1n) is 7.73. The van der Waals surface area contributed by atoms with E-state index in [-0.39, 0.29) is 0 Å². The third kappa shape index (κ3) is 7.63. The van der Waals surface area contributed by atoms with Crippen molar-refractivity contribution in [3.05, 3.63) is 35.9 Å². The fourth-order valence-electron chi connectivity index (χ4n) is 2.22. The van der Waals surface area contributed by atoms with Gasteiger partial charge in [-0.1, -0.05) is 56.5 Å². The average Bonchev–Trinajstić information content (AvgIpc) is 2.50. The van der Waals surface area contributed by atoms with Crippen LogP contribution in [0.3, 0.4) is 0 Å². The van der Waals surface area contributed by atoms with E-state index in [1.165, 1.54) is 31.2 Å². The van der Waals surface area contributed by atoms with Gasteiger partial charge in [-0.15, -0.1) is 0 Å². The summed E-state index contributed by atoms with van der Waals surface area (Å²) in [6.07, 6.45) is 5.03. The Morgan fingerprint density at radius 1 is 1.05 bits per heavy atom. The molecule has 3 nitrogen and oxygen atoms in total. The third-order valence-electron chi connectivity index (χ3n) is 3.37. The van der Waals surface area contributed by atoms with Crippen LogP contribution in [0.1, 0.15) is 44.2 Å². The number of unbranched alkanes of at least 4 members (excludes halogenated alkanes) is 2. The van der Waals surface area contributed by atoms with E-state index in [1.54, 1.807) is 7.11 Å². The smallest absolute Gasteiger partial charge is 0.0700 e. The molecule has 1 aromatic carbocycles. The van der Waals surface area contributed by atoms with Crippen molar-refractivity contribution in [3.63, 3.8) is 0 Å². The summed E-state index contributed by atoms with van der Waals surface area (Å²) in [4.78, 5) is 0. The van der Waals surface area contributed by atoms with Gasteiger partial charge in [-0.2, -0.15) is 0 Å². The average molecular weight is 279 g/mol. The Morgan fingerprint density at radius 2 is 1.85 bits per heavy atom. The summed E-state index contributed by atoms with van der Waals surface area (Å²) >= 11 is 0. The maximum Gasteiger partial charge on any atom is 0.0700 e. The molecule has 114 valence electrons. The van der Waals surface area contributed by atoms with Crippen LogP contribution in [-0.2, 0) is 9.47 Å². The highest BCUT2D eigenvalue weighted by molar-refractivity contribution is 5.18. The zero-order valence-corrected chi connectivity index (χ0v) is 12.9. The Balaban J connectivity index is 2.31. The van der Waals surface area contributed by atoms with Crippen molar-refractivity contribution < 1.29 is 9.47 Å². The number of hydrogen-bond donors (Lipinski definition) is 1. The van der Waals surface area contributed by atoms with Crippen LogP contribution in [0, 0.1) is 0 Å². The number of ether oxygens (including phenoxy) is 2. The van der Waals surface area contributed by atoms with Crippen molar-refractivity contribution in [1.29, 1.82) is 0 Å². The number of rotatable bonds is 12. The van der Waals surface area contributed by atoms with E-state index >= 15 is 0 Å². The maximum atomic E-state index is 5.50. The molecular formula is C17H29NO2. The summed E-state index contributed by atoms with van der Waals surface area (Å²) in [6, 6.07) is 11.1. The standard InChI is InChI=1S/C17H29NO2/c1-3-4-6-11-17(16-9-7-5-8-10-16)18-12-13-20-15-14-19-2/h5,7-10,17-18H,3-4,6,11-15H2,1-2H3. The molecule has 3 heteroatoms. The molecule has 1 aromatic rings. The second-order valence-electron chi connectivity index (χ2n) is 5.02. The minimum absolute atomic E-state index is 0.439. The fraction of sp³-hybridized carbons (Fsp3) is 0.647. The SMILES string of the molecule is CCCCCC(NCCOCCOC)c1ccccc1. The summed E-state index contributed by atoms with van der Waals surface area (Å²) in [5, 5.41) is 3.61. The van der Waals surface area contributed by atoms with Gasteiger partial charge in [0.25, 0.3) is 0 Å². The van der Waals surface area contributed by atoms with Crippen LogP contribution in [0.5, 0.6) is 0 Å². The van der Waals surface area contributed by atoms with E-state index in [1.807, 2.05) is 0 Å². The fourth-order valence-corrected chi connectivity index (χ4v) is 2.22. The van der Waals surface area contributed by atoms with Gasteiger partial charge in [0.2, 0.25) is 0 Å². The lowest BCUT2D eigenvalue weighted by Crippen LogP contribution is -2.26. The number of methoxy groups -OCH3 is 1. The van der Waals surface area contributed by atoms with E-state index in [4.69, 9.17) is 9.47 Å². The molecule has 0 aliphatic heterocycles. The Kier molecular flexibility index (Phi) is 10.2. The van der Waals surface area contributed by atoms with Crippen molar-refractivity contribution in [2.45, 2.75) is 38.6 Å². The van der Waals surface area contributed by atoms with Crippen LogP contribution in [0.4, 0.5) is 0 Å². The minimum Gasteiger partial charge on any atom is -0.382 e. The lowest BCUT2D eigenvalue weighted by molar-refractivity contribution is 0.0709. The highest BCUT2D eigenvalue weighted by atomic mass is 16.5. The molecule has 0 aliphatic carbocycles. The van der Waals surface area contributed by atoms with Crippen LogP contribution in [0.15, 0.2) is 30.3 Å². The van der Waals surface area contributed by atoms with Gasteiger partial charge >= 0.3 is 0 Å². The van der Waals surface area contributed by atoms with Crippen molar-refractivity contribution in [2.24, 2.45) is 0 Å². The molecule has 0 bridgehead atoms. The monoisotopic (exact) mass is 279 g/mol. The first-order chi connectivity index (χ1) is 9.88. The van der Waals surface area contributed by atoms with E-state index in [9.17, 15) is 0 Å². The van der Waals surface area contributed by atoms with Crippen molar-refractivity contribution in [3.8, 4) is 0 Å². The van der Waals surface area contributed by atoms with Crippen molar-refractivity contribution >= 4 is 0 Å². The van der Waals surface area contributed by atoms with Gasteiger partial charge in [0.05, 0.1) is 19.8 Å². The minimum atomic E-state index is 0.439. The largest absolute Gasteiger partial charge is 0.382 e. The number of benzene rings is 1. The molecule has 0 fully saturated rings. The Hall–Kier alpha value is -0.900.